The van der Waals surface area contributed by atoms with Gasteiger partial charge in [0.2, 0.25) is 5.91 Å². The first-order valence-electron chi connectivity index (χ1n) is 5.62. The van der Waals surface area contributed by atoms with Gasteiger partial charge in [-0.1, -0.05) is 40.2 Å². The molecule has 1 aromatic carbocycles. The van der Waals surface area contributed by atoms with Crippen LogP contribution < -0.4 is 0 Å². The Hall–Kier alpha value is -1.39. The quantitative estimate of drug-likeness (QED) is 0.648. The number of aliphatic hydroxyl groups excluding tert-OH is 1. The van der Waals surface area contributed by atoms with E-state index in [-0.39, 0.29) is 12.5 Å². The molecule has 0 saturated carbocycles. The maximum atomic E-state index is 11.9. The number of carbonyl (C=O) groups excluding carboxylic acids is 1. The zero-order valence-corrected chi connectivity index (χ0v) is 11.6. The highest BCUT2D eigenvalue weighted by Gasteiger charge is 2.07. The molecule has 0 aliphatic carbocycles. The van der Waals surface area contributed by atoms with Crippen molar-refractivity contribution in [3.05, 3.63) is 53.0 Å². The number of aliphatic hydroxyl groups is 1. The number of hydrogen-bond acceptors (Lipinski definition) is 2. The number of hydrogen-bond donors (Lipinski definition) is 1. The third kappa shape index (κ3) is 4.47. The summed E-state index contributed by atoms with van der Waals surface area (Å²) >= 11 is 3.41. The van der Waals surface area contributed by atoms with Gasteiger partial charge in [-0.15, -0.1) is 6.58 Å². The predicted octanol–water partition coefficient (Wildman–Crippen LogP) is 2.47. The summed E-state index contributed by atoms with van der Waals surface area (Å²) < 4.78 is 0.937. The lowest BCUT2D eigenvalue weighted by Gasteiger charge is -2.17. The summed E-state index contributed by atoms with van der Waals surface area (Å²) in [7, 11) is 0. The van der Waals surface area contributed by atoms with E-state index in [0.717, 1.165) is 10.0 Å². The number of halogens is 1. The zero-order chi connectivity index (χ0) is 13.4. The van der Waals surface area contributed by atoms with Crippen LogP contribution >= 0.6 is 15.9 Å². The molecule has 1 rings (SSSR count). The van der Waals surface area contributed by atoms with E-state index in [4.69, 9.17) is 5.11 Å². The first kappa shape index (κ1) is 14.7. The Morgan fingerprint density at radius 3 is 2.78 bits per heavy atom. The molecule has 0 saturated heterocycles. The summed E-state index contributed by atoms with van der Waals surface area (Å²) in [6.07, 6.45) is 4.89. The first-order chi connectivity index (χ1) is 8.69. The van der Waals surface area contributed by atoms with Crippen LogP contribution in [0.1, 0.15) is 5.56 Å². The average molecular weight is 310 g/mol. The second-order valence-electron chi connectivity index (χ2n) is 3.65. The summed E-state index contributed by atoms with van der Waals surface area (Å²) in [5.74, 6) is -0.139. The van der Waals surface area contributed by atoms with Crippen molar-refractivity contribution in [1.82, 2.24) is 4.90 Å². The van der Waals surface area contributed by atoms with Crippen LogP contribution in [0.25, 0.3) is 6.08 Å². The summed E-state index contributed by atoms with van der Waals surface area (Å²) in [5.41, 5.74) is 0.938. The molecule has 0 aromatic heterocycles. The normalized spacial score (nSPS) is 10.6. The number of nitrogens with zero attached hydrogens (tertiary/aromatic N) is 1. The largest absolute Gasteiger partial charge is 0.395 e. The molecule has 3 nitrogen and oxygen atoms in total. The summed E-state index contributed by atoms with van der Waals surface area (Å²) in [6.45, 7) is 4.28. The molecule has 0 radical (unpaired) electrons. The highest BCUT2D eigenvalue weighted by atomic mass is 79.9. The molecule has 0 aliphatic rings. The molecule has 0 fully saturated rings. The summed E-state index contributed by atoms with van der Waals surface area (Å²) in [6, 6.07) is 7.65. The van der Waals surface area contributed by atoms with E-state index in [9.17, 15) is 4.79 Å². The molecule has 0 unspecified atom stereocenters. The van der Waals surface area contributed by atoms with Crippen molar-refractivity contribution in [2.75, 3.05) is 19.7 Å². The zero-order valence-electron chi connectivity index (χ0n) is 10.1. The van der Waals surface area contributed by atoms with Gasteiger partial charge in [-0.2, -0.15) is 0 Å². The fraction of sp³-hybridized carbons (Fsp3) is 0.214. The van der Waals surface area contributed by atoms with Crippen molar-refractivity contribution < 1.29 is 9.90 Å². The van der Waals surface area contributed by atoms with Crippen LogP contribution in [0.5, 0.6) is 0 Å². The Balaban J connectivity index is 2.73. The Labute approximate surface area is 116 Å². The molecule has 0 heterocycles. The van der Waals surface area contributed by atoms with Crippen molar-refractivity contribution in [3.8, 4) is 0 Å². The second-order valence-corrected chi connectivity index (χ2v) is 4.51. The van der Waals surface area contributed by atoms with Crippen LogP contribution in [-0.4, -0.2) is 35.6 Å². The van der Waals surface area contributed by atoms with Gasteiger partial charge in [-0.25, -0.2) is 0 Å². The molecule has 1 aromatic rings. The van der Waals surface area contributed by atoms with E-state index in [0.29, 0.717) is 13.1 Å². The van der Waals surface area contributed by atoms with Crippen LogP contribution in [0.2, 0.25) is 0 Å². The SMILES string of the molecule is C=CCN(CCO)C(=O)/C=C/c1ccccc1Br. The predicted molar refractivity (Wildman–Crippen MR) is 77.0 cm³/mol. The van der Waals surface area contributed by atoms with Crippen molar-refractivity contribution in [3.63, 3.8) is 0 Å². The van der Waals surface area contributed by atoms with Crippen molar-refractivity contribution >= 4 is 27.9 Å². The van der Waals surface area contributed by atoms with Crippen LogP contribution in [0.3, 0.4) is 0 Å². The lowest BCUT2D eigenvalue weighted by atomic mass is 10.2. The van der Waals surface area contributed by atoms with Gasteiger partial charge in [0.1, 0.15) is 0 Å². The van der Waals surface area contributed by atoms with Crippen LogP contribution in [0.15, 0.2) is 47.5 Å². The Kier molecular flexibility index (Phi) is 6.39. The minimum atomic E-state index is -0.139. The number of benzene rings is 1. The number of rotatable bonds is 6. The van der Waals surface area contributed by atoms with Gasteiger partial charge in [0, 0.05) is 23.6 Å². The van der Waals surface area contributed by atoms with E-state index in [1.54, 1.807) is 12.2 Å². The van der Waals surface area contributed by atoms with Crippen LogP contribution in [-0.2, 0) is 4.79 Å². The minimum absolute atomic E-state index is 0.0531. The molecule has 4 heteroatoms. The van der Waals surface area contributed by atoms with Crippen molar-refractivity contribution in [2.45, 2.75) is 0 Å². The molecule has 18 heavy (non-hydrogen) atoms. The van der Waals surface area contributed by atoms with Gasteiger partial charge in [0.15, 0.2) is 0 Å². The first-order valence-corrected chi connectivity index (χ1v) is 6.41. The lowest BCUT2D eigenvalue weighted by molar-refractivity contribution is -0.125. The van der Waals surface area contributed by atoms with Crippen molar-refractivity contribution in [2.24, 2.45) is 0 Å². The van der Waals surface area contributed by atoms with Gasteiger partial charge >= 0.3 is 0 Å². The van der Waals surface area contributed by atoms with Gasteiger partial charge in [-0.05, 0) is 17.7 Å². The third-order valence-corrected chi connectivity index (χ3v) is 3.06. The maximum absolute atomic E-state index is 11.9. The molecular formula is C14H16BrNO2. The van der Waals surface area contributed by atoms with E-state index in [1.165, 1.54) is 11.0 Å². The second kappa shape index (κ2) is 7.84. The van der Waals surface area contributed by atoms with E-state index in [1.807, 2.05) is 24.3 Å². The summed E-state index contributed by atoms with van der Waals surface area (Å²) in [5, 5.41) is 8.88. The maximum Gasteiger partial charge on any atom is 0.246 e. The highest BCUT2D eigenvalue weighted by molar-refractivity contribution is 9.10. The Morgan fingerprint density at radius 2 is 2.17 bits per heavy atom. The highest BCUT2D eigenvalue weighted by Crippen LogP contribution is 2.17. The van der Waals surface area contributed by atoms with Crippen LogP contribution in [0.4, 0.5) is 0 Å². The van der Waals surface area contributed by atoms with Crippen LogP contribution in [0, 0.1) is 0 Å². The molecule has 0 bridgehead atoms. The van der Waals surface area contributed by atoms with E-state index < -0.39 is 0 Å². The molecular weight excluding hydrogens is 294 g/mol. The minimum Gasteiger partial charge on any atom is -0.395 e. The summed E-state index contributed by atoms with van der Waals surface area (Å²) in [4.78, 5) is 13.4. The van der Waals surface area contributed by atoms with Crippen molar-refractivity contribution in [1.29, 1.82) is 0 Å². The fourth-order valence-electron chi connectivity index (χ4n) is 1.44. The third-order valence-electron chi connectivity index (χ3n) is 2.34. The van der Waals surface area contributed by atoms with E-state index in [2.05, 4.69) is 22.5 Å². The van der Waals surface area contributed by atoms with Gasteiger partial charge in [0.25, 0.3) is 0 Å². The average Bonchev–Trinajstić information content (AvgIpc) is 2.37. The monoisotopic (exact) mass is 309 g/mol. The smallest absolute Gasteiger partial charge is 0.246 e. The molecule has 0 aliphatic heterocycles. The number of carbonyl (C=O) groups is 1. The van der Waals surface area contributed by atoms with E-state index >= 15 is 0 Å². The standard InChI is InChI=1S/C14H16BrNO2/c1-2-9-16(10-11-17)14(18)8-7-12-5-3-4-6-13(12)15/h2-8,17H,1,9-11H2/b8-7+. The molecule has 1 N–H and O–H groups in total. The Morgan fingerprint density at radius 1 is 1.44 bits per heavy atom. The number of amides is 1. The molecule has 1 amide bonds. The molecule has 0 spiro atoms. The molecule has 96 valence electrons. The van der Waals surface area contributed by atoms with Gasteiger partial charge in [0.05, 0.1) is 6.61 Å². The molecule has 0 atom stereocenters. The lowest BCUT2D eigenvalue weighted by Crippen LogP contribution is -2.32. The topological polar surface area (TPSA) is 40.5 Å². The Bertz CT molecular complexity index is 443. The van der Waals surface area contributed by atoms with Gasteiger partial charge in [-0.3, -0.25) is 4.79 Å². The fourth-order valence-corrected chi connectivity index (χ4v) is 1.86. The van der Waals surface area contributed by atoms with Gasteiger partial charge < -0.3 is 10.0 Å².